The molecular formula is C12H21N3O3S. The van der Waals surface area contributed by atoms with Crippen molar-refractivity contribution in [3.8, 4) is 0 Å². The van der Waals surface area contributed by atoms with Gasteiger partial charge in [-0.25, -0.2) is 0 Å². The van der Waals surface area contributed by atoms with E-state index in [1.165, 1.54) is 0 Å². The molecule has 7 heteroatoms. The van der Waals surface area contributed by atoms with Crippen LogP contribution >= 0.6 is 12.2 Å². The lowest BCUT2D eigenvalue weighted by atomic mass is 9.92. The SMILES string of the molecule is CC(NC(=O)C(C)(C)C(N)=S)C(=O)N1CCOCC1. The van der Waals surface area contributed by atoms with Crippen molar-refractivity contribution < 1.29 is 14.3 Å². The molecule has 6 nitrogen and oxygen atoms in total. The Morgan fingerprint density at radius 3 is 2.37 bits per heavy atom. The highest BCUT2D eigenvalue weighted by Crippen LogP contribution is 2.16. The van der Waals surface area contributed by atoms with E-state index < -0.39 is 11.5 Å². The molecule has 3 N–H and O–H groups in total. The van der Waals surface area contributed by atoms with Gasteiger partial charge in [-0.3, -0.25) is 9.59 Å². The van der Waals surface area contributed by atoms with Crippen molar-refractivity contribution in [2.75, 3.05) is 26.3 Å². The monoisotopic (exact) mass is 287 g/mol. The van der Waals surface area contributed by atoms with Crippen LogP contribution in [0.3, 0.4) is 0 Å². The number of hydrogen-bond donors (Lipinski definition) is 2. The number of rotatable bonds is 4. The fourth-order valence-corrected chi connectivity index (χ4v) is 1.70. The zero-order valence-electron chi connectivity index (χ0n) is 11.6. The van der Waals surface area contributed by atoms with Crippen LogP contribution in [0.15, 0.2) is 0 Å². The summed E-state index contributed by atoms with van der Waals surface area (Å²) in [6.07, 6.45) is 0. The van der Waals surface area contributed by atoms with Gasteiger partial charge >= 0.3 is 0 Å². The highest BCUT2D eigenvalue weighted by atomic mass is 32.1. The number of ether oxygens (including phenoxy) is 1. The normalized spacial score (nSPS) is 17.7. The van der Waals surface area contributed by atoms with E-state index >= 15 is 0 Å². The quantitative estimate of drug-likeness (QED) is 0.691. The van der Waals surface area contributed by atoms with Gasteiger partial charge in [0.15, 0.2) is 0 Å². The van der Waals surface area contributed by atoms with Gasteiger partial charge in [0.2, 0.25) is 11.8 Å². The highest BCUT2D eigenvalue weighted by Gasteiger charge is 2.33. The molecule has 1 aliphatic heterocycles. The Kier molecular flexibility index (Phi) is 5.25. The van der Waals surface area contributed by atoms with Crippen molar-refractivity contribution in [2.45, 2.75) is 26.8 Å². The molecule has 108 valence electrons. The molecule has 2 amide bonds. The van der Waals surface area contributed by atoms with E-state index in [1.807, 2.05) is 0 Å². The lowest BCUT2D eigenvalue weighted by Crippen LogP contribution is -2.54. The van der Waals surface area contributed by atoms with Gasteiger partial charge < -0.3 is 20.7 Å². The van der Waals surface area contributed by atoms with Gasteiger partial charge in [-0.1, -0.05) is 12.2 Å². The van der Waals surface area contributed by atoms with E-state index in [-0.39, 0.29) is 16.8 Å². The number of amides is 2. The third-order valence-electron chi connectivity index (χ3n) is 3.22. The average molecular weight is 287 g/mol. The Bertz CT molecular complexity index is 378. The molecule has 0 aromatic carbocycles. The first-order chi connectivity index (χ1) is 8.76. The number of carbonyl (C=O) groups is 2. The molecule has 1 fully saturated rings. The summed E-state index contributed by atoms with van der Waals surface area (Å²) in [6, 6.07) is -0.598. The third-order valence-corrected chi connectivity index (χ3v) is 3.73. The zero-order valence-corrected chi connectivity index (χ0v) is 12.4. The Balaban J connectivity index is 2.58. The molecule has 1 rings (SSSR count). The lowest BCUT2D eigenvalue weighted by Gasteiger charge is -2.31. The van der Waals surface area contributed by atoms with Crippen molar-refractivity contribution in [1.82, 2.24) is 10.2 Å². The van der Waals surface area contributed by atoms with E-state index in [1.54, 1.807) is 25.7 Å². The minimum absolute atomic E-state index is 0.107. The van der Waals surface area contributed by atoms with Gasteiger partial charge in [0.1, 0.15) is 6.04 Å². The van der Waals surface area contributed by atoms with E-state index in [4.69, 9.17) is 22.7 Å². The molecule has 0 saturated carbocycles. The van der Waals surface area contributed by atoms with Crippen LogP contribution in [-0.2, 0) is 14.3 Å². The number of nitrogens with one attached hydrogen (secondary N) is 1. The summed E-state index contributed by atoms with van der Waals surface area (Å²) in [7, 11) is 0. The summed E-state index contributed by atoms with van der Waals surface area (Å²) < 4.78 is 5.18. The summed E-state index contributed by atoms with van der Waals surface area (Å²) in [5.74, 6) is -0.454. The zero-order chi connectivity index (χ0) is 14.6. The van der Waals surface area contributed by atoms with Crippen molar-refractivity contribution in [3.63, 3.8) is 0 Å². The smallest absolute Gasteiger partial charge is 0.245 e. The van der Waals surface area contributed by atoms with E-state index in [2.05, 4.69) is 5.32 Å². The van der Waals surface area contributed by atoms with Crippen LogP contribution in [0.5, 0.6) is 0 Å². The number of nitrogens with two attached hydrogens (primary N) is 1. The van der Waals surface area contributed by atoms with Gasteiger partial charge in [-0.15, -0.1) is 0 Å². The van der Waals surface area contributed by atoms with Gasteiger partial charge in [0.25, 0.3) is 0 Å². The van der Waals surface area contributed by atoms with Gasteiger partial charge in [-0.2, -0.15) is 0 Å². The number of carbonyl (C=O) groups excluding carboxylic acids is 2. The molecule has 0 aliphatic carbocycles. The molecule has 1 saturated heterocycles. The Labute approximate surface area is 118 Å². The van der Waals surface area contributed by atoms with Gasteiger partial charge in [0.05, 0.1) is 23.6 Å². The molecule has 0 bridgehead atoms. The highest BCUT2D eigenvalue weighted by molar-refractivity contribution is 7.80. The summed E-state index contributed by atoms with van der Waals surface area (Å²) in [4.78, 5) is 25.9. The second-order valence-electron chi connectivity index (χ2n) is 5.12. The van der Waals surface area contributed by atoms with Crippen LogP contribution < -0.4 is 11.1 Å². The predicted molar refractivity (Wildman–Crippen MR) is 75.6 cm³/mol. The Morgan fingerprint density at radius 1 is 1.37 bits per heavy atom. The molecule has 19 heavy (non-hydrogen) atoms. The Hall–Kier alpha value is -1.21. The number of nitrogens with zero attached hydrogens (tertiary/aromatic N) is 1. The summed E-state index contributed by atoms with van der Waals surface area (Å²) >= 11 is 4.86. The van der Waals surface area contributed by atoms with Crippen LogP contribution in [0, 0.1) is 5.41 Å². The van der Waals surface area contributed by atoms with Crippen LogP contribution in [0.25, 0.3) is 0 Å². The van der Waals surface area contributed by atoms with Crippen LogP contribution in [0.4, 0.5) is 0 Å². The first-order valence-electron chi connectivity index (χ1n) is 6.24. The third kappa shape index (κ3) is 3.87. The lowest BCUT2D eigenvalue weighted by molar-refractivity contribution is -0.140. The second kappa shape index (κ2) is 6.29. The van der Waals surface area contributed by atoms with E-state index in [0.717, 1.165) is 0 Å². The fourth-order valence-electron chi connectivity index (χ4n) is 1.61. The molecule has 1 aliphatic rings. The molecular weight excluding hydrogens is 266 g/mol. The maximum atomic E-state index is 12.1. The maximum Gasteiger partial charge on any atom is 0.245 e. The molecule has 0 aromatic heterocycles. The largest absolute Gasteiger partial charge is 0.392 e. The Morgan fingerprint density at radius 2 is 1.89 bits per heavy atom. The van der Waals surface area contributed by atoms with Crippen molar-refractivity contribution in [1.29, 1.82) is 0 Å². The first kappa shape index (κ1) is 15.8. The number of morpholine rings is 1. The molecule has 1 unspecified atom stereocenters. The standard InChI is InChI=1S/C12H21N3O3S/c1-8(9(16)15-4-6-18-7-5-15)14-11(17)12(2,3)10(13)19/h8H,4-7H2,1-3H3,(H2,13,19)(H,14,17). The predicted octanol–water partition coefficient (Wildman–Crippen LogP) is -0.338. The van der Waals surface area contributed by atoms with Crippen LogP contribution in [-0.4, -0.2) is 54.0 Å². The summed E-state index contributed by atoms with van der Waals surface area (Å²) in [5.41, 5.74) is 4.56. The minimum Gasteiger partial charge on any atom is -0.392 e. The molecule has 1 heterocycles. The van der Waals surface area contributed by atoms with Crippen molar-refractivity contribution in [2.24, 2.45) is 11.1 Å². The first-order valence-corrected chi connectivity index (χ1v) is 6.65. The molecule has 1 atom stereocenters. The molecule has 0 radical (unpaired) electrons. The number of thiocarbonyl (C=S) groups is 1. The maximum absolute atomic E-state index is 12.1. The molecule has 0 spiro atoms. The van der Waals surface area contributed by atoms with Crippen molar-refractivity contribution in [3.05, 3.63) is 0 Å². The van der Waals surface area contributed by atoms with Crippen LogP contribution in [0.1, 0.15) is 20.8 Å². The van der Waals surface area contributed by atoms with Gasteiger partial charge in [-0.05, 0) is 20.8 Å². The minimum atomic E-state index is -0.963. The van der Waals surface area contributed by atoms with Crippen molar-refractivity contribution >= 4 is 29.0 Å². The van der Waals surface area contributed by atoms with E-state index in [0.29, 0.717) is 26.3 Å². The number of hydrogen-bond acceptors (Lipinski definition) is 4. The van der Waals surface area contributed by atoms with E-state index in [9.17, 15) is 9.59 Å². The second-order valence-corrected chi connectivity index (χ2v) is 5.56. The average Bonchev–Trinajstić information content (AvgIpc) is 2.38. The van der Waals surface area contributed by atoms with Gasteiger partial charge in [0, 0.05) is 13.1 Å². The topological polar surface area (TPSA) is 84.7 Å². The molecule has 0 aromatic rings. The fraction of sp³-hybridized carbons (Fsp3) is 0.750. The summed E-state index contributed by atoms with van der Waals surface area (Å²) in [5, 5.41) is 2.66. The summed E-state index contributed by atoms with van der Waals surface area (Å²) in [6.45, 7) is 7.10. The van der Waals surface area contributed by atoms with Crippen LogP contribution in [0.2, 0.25) is 0 Å².